The van der Waals surface area contributed by atoms with Crippen LogP contribution < -0.4 is 10.2 Å². The van der Waals surface area contributed by atoms with Gasteiger partial charge in [-0.15, -0.1) is 0 Å². The number of halogens is 3. The molecule has 1 heterocycles. The van der Waals surface area contributed by atoms with E-state index in [0.717, 1.165) is 34.2 Å². The summed E-state index contributed by atoms with van der Waals surface area (Å²) in [6.45, 7) is 5.06. The average molecular weight is 422 g/mol. The van der Waals surface area contributed by atoms with Crippen molar-refractivity contribution in [2.45, 2.75) is 43.8 Å². The summed E-state index contributed by atoms with van der Waals surface area (Å²) >= 11 is 0. The summed E-state index contributed by atoms with van der Waals surface area (Å²) in [5.41, 5.74) is -1.16. The van der Waals surface area contributed by atoms with Crippen molar-refractivity contribution in [3.05, 3.63) is 29.8 Å². The average Bonchev–Trinajstić information content (AvgIpc) is 2.61. The fourth-order valence-electron chi connectivity index (χ4n) is 3.34. The predicted molar refractivity (Wildman–Crippen MR) is 98.3 cm³/mol. The molecule has 0 aliphatic carbocycles. The number of rotatable bonds is 7. The van der Waals surface area contributed by atoms with Crippen LogP contribution in [-0.4, -0.2) is 57.4 Å². The Morgan fingerprint density at radius 2 is 1.86 bits per heavy atom. The number of carbonyl (C=O) groups excluding carboxylic acids is 1. The molecule has 0 spiro atoms. The molecular weight excluding hydrogens is 395 g/mol. The van der Waals surface area contributed by atoms with Gasteiger partial charge in [0.1, 0.15) is 0 Å². The van der Waals surface area contributed by atoms with Gasteiger partial charge in [0.05, 0.1) is 36.6 Å². The molecule has 1 aliphatic rings. The summed E-state index contributed by atoms with van der Waals surface area (Å²) in [6.07, 6.45) is -2.90. The maximum Gasteiger partial charge on any atom is 0.417 e. The number of sulfonamides is 1. The molecule has 1 aromatic rings. The van der Waals surface area contributed by atoms with E-state index in [0.29, 0.717) is 13.1 Å². The van der Waals surface area contributed by atoms with Gasteiger partial charge in [-0.2, -0.15) is 17.5 Å². The van der Waals surface area contributed by atoms with E-state index in [1.54, 1.807) is 0 Å². The third-order valence-electron chi connectivity index (χ3n) is 4.78. The lowest BCUT2D eigenvalue weighted by Gasteiger charge is -2.31. The first kappa shape index (κ1) is 22.6. The number of hydrogen-bond acceptors (Lipinski definition) is 3. The number of nitrogens with one attached hydrogen (secondary N) is 2. The van der Waals surface area contributed by atoms with E-state index >= 15 is 0 Å². The lowest BCUT2D eigenvalue weighted by molar-refractivity contribution is -0.895. The Balaban J connectivity index is 2.01. The topological polar surface area (TPSA) is 70.9 Å². The summed E-state index contributed by atoms with van der Waals surface area (Å²) in [4.78, 5) is 12.3. The molecular formula is C18H27F3N3O3S+. The number of alkyl halides is 3. The standard InChI is InChI=1S/C18H26F3N3O3S/c1-3-6-14(2)22-17(25)13-23-9-11-24(12-10-23)28(26,27)16-8-5-4-7-15(16)18(19,20)21/h4-5,7-8,14H,3,6,9-13H2,1-2H3,(H,22,25)/p+1/t14-/m1/s1. The van der Waals surface area contributed by atoms with Crippen LogP contribution in [0.4, 0.5) is 13.2 Å². The lowest BCUT2D eigenvalue weighted by atomic mass is 10.2. The molecule has 1 saturated heterocycles. The Bertz CT molecular complexity index is 776. The number of quaternary nitrogens is 1. The quantitative estimate of drug-likeness (QED) is 0.686. The first-order valence-corrected chi connectivity index (χ1v) is 10.8. The van der Waals surface area contributed by atoms with Crippen LogP contribution in [0, 0.1) is 0 Å². The van der Waals surface area contributed by atoms with E-state index in [1.165, 1.54) is 12.1 Å². The summed E-state index contributed by atoms with van der Waals surface area (Å²) in [5, 5.41) is 2.90. The molecule has 28 heavy (non-hydrogen) atoms. The van der Waals surface area contributed by atoms with Crippen molar-refractivity contribution in [2.24, 2.45) is 0 Å². The Hall–Kier alpha value is -1.65. The Morgan fingerprint density at radius 1 is 1.25 bits per heavy atom. The maximum absolute atomic E-state index is 13.2. The van der Waals surface area contributed by atoms with Crippen LogP contribution >= 0.6 is 0 Å². The van der Waals surface area contributed by atoms with Gasteiger partial charge in [-0.05, 0) is 25.5 Å². The molecule has 1 aromatic carbocycles. The van der Waals surface area contributed by atoms with Gasteiger partial charge in [-0.25, -0.2) is 8.42 Å². The van der Waals surface area contributed by atoms with Crippen molar-refractivity contribution in [2.75, 3.05) is 32.7 Å². The highest BCUT2D eigenvalue weighted by molar-refractivity contribution is 7.89. The number of amides is 1. The van der Waals surface area contributed by atoms with E-state index < -0.39 is 26.7 Å². The minimum atomic E-state index is -4.75. The van der Waals surface area contributed by atoms with Gasteiger partial charge in [0.25, 0.3) is 5.91 Å². The summed E-state index contributed by atoms with van der Waals surface area (Å²) < 4.78 is 66.1. The molecule has 0 radical (unpaired) electrons. The first-order valence-electron chi connectivity index (χ1n) is 9.35. The molecule has 1 atom stereocenters. The highest BCUT2D eigenvalue weighted by Crippen LogP contribution is 2.35. The largest absolute Gasteiger partial charge is 0.417 e. The Kier molecular flexibility index (Phi) is 7.46. The van der Waals surface area contributed by atoms with Gasteiger partial charge < -0.3 is 10.2 Å². The molecule has 2 N–H and O–H groups in total. The van der Waals surface area contributed by atoms with Gasteiger partial charge in [0.2, 0.25) is 10.0 Å². The van der Waals surface area contributed by atoms with Crippen LogP contribution in [0.1, 0.15) is 32.3 Å². The van der Waals surface area contributed by atoms with Crippen LogP contribution in [0.3, 0.4) is 0 Å². The first-order chi connectivity index (χ1) is 13.1. The lowest BCUT2D eigenvalue weighted by Crippen LogP contribution is -3.15. The molecule has 1 aliphatic heterocycles. The van der Waals surface area contributed by atoms with Gasteiger partial charge in [0.15, 0.2) is 6.54 Å². The van der Waals surface area contributed by atoms with E-state index in [-0.39, 0.29) is 31.6 Å². The Morgan fingerprint density at radius 3 is 2.43 bits per heavy atom. The second kappa shape index (κ2) is 9.23. The second-order valence-corrected chi connectivity index (χ2v) is 8.99. The molecule has 0 bridgehead atoms. The van der Waals surface area contributed by atoms with Gasteiger partial charge in [-0.3, -0.25) is 4.79 Å². The molecule has 10 heteroatoms. The van der Waals surface area contributed by atoms with Crippen LogP contribution in [0.5, 0.6) is 0 Å². The summed E-state index contributed by atoms with van der Waals surface area (Å²) in [6, 6.07) is 4.29. The number of hydrogen-bond donors (Lipinski definition) is 2. The second-order valence-electron chi connectivity index (χ2n) is 7.08. The molecule has 2 rings (SSSR count). The van der Waals surface area contributed by atoms with E-state index in [2.05, 4.69) is 5.32 Å². The molecule has 0 unspecified atom stereocenters. The number of nitrogens with zero attached hydrogens (tertiary/aromatic N) is 1. The van der Waals surface area contributed by atoms with Crippen molar-refractivity contribution in [1.82, 2.24) is 9.62 Å². The zero-order valence-electron chi connectivity index (χ0n) is 16.1. The number of benzene rings is 1. The molecule has 1 amide bonds. The number of carbonyl (C=O) groups is 1. The van der Waals surface area contributed by atoms with Gasteiger partial charge >= 0.3 is 6.18 Å². The summed E-state index contributed by atoms with van der Waals surface area (Å²) in [7, 11) is -4.25. The molecule has 1 fully saturated rings. The van der Waals surface area contributed by atoms with Gasteiger partial charge in [-0.1, -0.05) is 25.5 Å². The zero-order valence-corrected chi connectivity index (χ0v) is 16.9. The third-order valence-corrected chi connectivity index (χ3v) is 6.74. The van der Waals surface area contributed by atoms with Crippen LogP contribution in [-0.2, 0) is 21.0 Å². The fourth-order valence-corrected chi connectivity index (χ4v) is 5.00. The van der Waals surface area contributed by atoms with Gasteiger partial charge in [0, 0.05) is 6.04 Å². The monoisotopic (exact) mass is 422 g/mol. The van der Waals surface area contributed by atoms with Crippen molar-refractivity contribution < 1.29 is 31.3 Å². The normalized spacial score (nSPS) is 18.0. The fraction of sp³-hybridized carbons (Fsp3) is 0.611. The van der Waals surface area contributed by atoms with E-state index in [4.69, 9.17) is 0 Å². The smallest absolute Gasteiger partial charge is 0.349 e. The van der Waals surface area contributed by atoms with Crippen molar-refractivity contribution >= 4 is 15.9 Å². The molecule has 0 aromatic heterocycles. The van der Waals surface area contributed by atoms with Crippen LogP contribution in [0.2, 0.25) is 0 Å². The predicted octanol–water partition coefficient (Wildman–Crippen LogP) is 0.899. The van der Waals surface area contributed by atoms with Crippen LogP contribution in [0.25, 0.3) is 0 Å². The van der Waals surface area contributed by atoms with E-state index in [9.17, 15) is 26.4 Å². The highest BCUT2D eigenvalue weighted by atomic mass is 32.2. The highest BCUT2D eigenvalue weighted by Gasteiger charge is 2.40. The Labute approximate surface area is 163 Å². The minimum absolute atomic E-state index is 0.0711. The third kappa shape index (κ3) is 5.68. The molecule has 6 nitrogen and oxygen atoms in total. The van der Waals surface area contributed by atoms with Crippen LogP contribution in [0.15, 0.2) is 29.2 Å². The van der Waals surface area contributed by atoms with Crippen molar-refractivity contribution in [1.29, 1.82) is 0 Å². The zero-order chi connectivity index (χ0) is 20.9. The SMILES string of the molecule is CCC[C@@H](C)NC(=O)C[NH+]1CCN(S(=O)(=O)c2ccccc2C(F)(F)F)CC1. The minimum Gasteiger partial charge on any atom is -0.349 e. The van der Waals surface area contributed by atoms with Crippen molar-refractivity contribution in [3.63, 3.8) is 0 Å². The molecule has 0 saturated carbocycles. The number of piperazine rings is 1. The molecule has 158 valence electrons. The van der Waals surface area contributed by atoms with E-state index in [1.807, 2.05) is 13.8 Å². The summed E-state index contributed by atoms with van der Waals surface area (Å²) in [5.74, 6) is -0.102. The maximum atomic E-state index is 13.2. The van der Waals surface area contributed by atoms with Crippen molar-refractivity contribution in [3.8, 4) is 0 Å².